The third-order valence-corrected chi connectivity index (χ3v) is 6.68. The van der Waals surface area contributed by atoms with Crippen LogP contribution in [0.1, 0.15) is 16.7 Å². The highest BCUT2D eigenvalue weighted by molar-refractivity contribution is 5.93. The van der Waals surface area contributed by atoms with Crippen molar-refractivity contribution in [1.29, 1.82) is 0 Å². The molecule has 33 heavy (non-hydrogen) atoms. The first-order valence-electron chi connectivity index (χ1n) is 11.3. The molecule has 1 fully saturated rings. The summed E-state index contributed by atoms with van der Waals surface area (Å²) in [6, 6.07) is 12.4. The number of amides is 1. The zero-order valence-electron chi connectivity index (χ0n) is 18.8. The standard InChI is InChI=1S/C26H25N5O2/c1-16-11-18(12-19-15-30(2)8-7-21(16)19)23-14-28-25-24(29-23)22(13-27-25)17-3-5-20(6-4-17)31-9-10-33-26(31)32/h3-6,11-14H,7-10,15H2,1-2H3,(H,27,28). The van der Waals surface area contributed by atoms with Gasteiger partial charge in [0.05, 0.1) is 18.4 Å². The van der Waals surface area contributed by atoms with Gasteiger partial charge >= 0.3 is 6.09 Å². The third kappa shape index (κ3) is 3.45. The maximum atomic E-state index is 11.8. The molecule has 0 unspecified atom stereocenters. The monoisotopic (exact) mass is 439 g/mol. The Hall–Kier alpha value is -3.71. The number of hydrogen-bond donors (Lipinski definition) is 1. The van der Waals surface area contributed by atoms with Gasteiger partial charge in [-0.05, 0) is 66.9 Å². The van der Waals surface area contributed by atoms with Crippen LogP contribution in [-0.4, -0.2) is 52.7 Å². The van der Waals surface area contributed by atoms with E-state index in [1.807, 2.05) is 36.7 Å². The van der Waals surface area contributed by atoms with Crippen LogP contribution in [0.25, 0.3) is 33.5 Å². The molecule has 2 aromatic heterocycles. The van der Waals surface area contributed by atoms with Gasteiger partial charge in [-0.2, -0.15) is 0 Å². The molecular formula is C26H25N5O2. The number of nitrogens with one attached hydrogen (secondary N) is 1. The smallest absolute Gasteiger partial charge is 0.414 e. The minimum Gasteiger partial charge on any atom is -0.447 e. The number of anilines is 1. The number of aryl methyl sites for hydroxylation is 1. The molecule has 166 valence electrons. The van der Waals surface area contributed by atoms with Crippen LogP contribution in [0.4, 0.5) is 10.5 Å². The van der Waals surface area contributed by atoms with E-state index >= 15 is 0 Å². The van der Waals surface area contributed by atoms with Crippen molar-refractivity contribution < 1.29 is 9.53 Å². The second-order valence-corrected chi connectivity index (χ2v) is 8.89. The lowest BCUT2D eigenvalue weighted by Crippen LogP contribution is -2.27. The molecule has 4 aromatic rings. The van der Waals surface area contributed by atoms with Crippen molar-refractivity contribution >= 4 is 22.9 Å². The van der Waals surface area contributed by atoms with Crippen LogP contribution >= 0.6 is 0 Å². The van der Waals surface area contributed by atoms with Gasteiger partial charge in [0.25, 0.3) is 0 Å². The molecule has 0 bridgehead atoms. The predicted octanol–water partition coefficient (Wildman–Crippen LogP) is 4.54. The van der Waals surface area contributed by atoms with Gasteiger partial charge in [-0.3, -0.25) is 4.90 Å². The summed E-state index contributed by atoms with van der Waals surface area (Å²) in [4.78, 5) is 28.8. The number of benzene rings is 2. The predicted molar refractivity (Wildman–Crippen MR) is 128 cm³/mol. The number of fused-ring (bicyclic) bond motifs is 2. The number of likely N-dealkylation sites (N-methyl/N-ethyl adjacent to an activating group) is 1. The Morgan fingerprint density at radius 3 is 2.73 bits per heavy atom. The van der Waals surface area contributed by atoms with E-state index in [1.54, 1.807) is 4.90 Å². The topological polar surface area (TPSA) is 74.4 Å². The summed E-state index contributed by atoms with van der Waals surface area (Å²) in [6.45, 7) is 5.27. The first kappa shape index (κ1) is 19.9. The van der Waals surface area contributed by atoms with Gasteiger partial charge in [-0.1, -0.05) is 12.1 Å². The summed E-state index contributed by atoms with van der Waals surface area (Å²) in [7, 11) is 2.17. The molecule has 2 aliphatic rings. The molecule has 1 saturated heterocycles. The van der Waals surface area contributed by atoms with E-state index in [-0.39, 0.29) is 6.09 Å². The highest BCUT2D eigenvalue weighted by Crippen LogP contribution is 2.32. The van der Waals surface area contributed by atoms with Gasteiger partial charge in [-0.15, -0.1) is 0 Å². The number of carbonyl (C=O) groups is 1. The fourth-order valence-electron chi connectivity index (χ4n) is 4.91. The maximum Gasteiger partial charge on any atom is 0.414 e. The van der Waals surface area contributed by atoms with Gasteiger partial charge in [-0.25, -0.2) is 14.8 Å². The number of hydrogen-bond acceptors (Lipinski definition) is 5. The fourth-order valence-corrected chi connectivity index (χ4v) is 4.91. The Kier molecular flexibility index (Phi) is 4.66. The Morgan fingerprint density at radius 2 is 1.94 bits per heavy atom. The van der Waals surface area contributed by atoms with Gasteiger partial charge in [0.1, 0.15) is 12.1 Å². The number of aromatic nitrogens is 3. The number of cyclic esters (lactones) is 1. The van der Waals surface area contributed by atoms with E-state index in [0.717, 1.165) is 58.7 Å². The van der Waals surface area contributed by atoms with E-state index < -0.39 is 0 Å². The van der Waals surface area contributed by atoms with Crippen LogP contribution in [0.5, 0.6) is 0 Å². The van der Waals surface area contributed by atoms with Crippen LogP contribution in [0.2, 0.25) is 0 Å². The van der Waals surface area contributed by atoms with Crippen LogP contribution in [0.3, 0.4) is 0 Å². The summed E-state index contributed by atoms with van der Waals surface area (Å²) in [6.07, 6.45) is 4.59. The molecule has 0 spiro atoms. The molecule has 1 N–H and O–H groups in total. The molecule has 2 aromatic carbocycles. The highest BCUT2D eigenvalue weighted by Gasteiger charge is 2.23. The van der Waals surface area contributed by atoms with E-state index in [1.165, 1.54) is 16.7 Å². The molecule has 1 amide bonds. The average molecular weight is 440 g/mol. The molecule has 2 aliphatic heterocycles. The van der Waals surface area contributed by atoms with Crippen LogP contribution in [0.15, 0.2) is 48.8 Å². The van der Waals surface area contributed by atoms with Crippen molar-refractivity contribution in [2.75, 3.05) is 31.6 Å². The number of nitrogens with zero attached hydrogens (tertiary/aromatic N) is 4. The third-order valence-electron chi connectivity index (χ3n) is 6.68. The first-order valence-corrected chi connectivity index (χ1v) is 11.3. The fraction of sp³-hybridized carbons (Fsp3) is 0.269. The number of H-pyrrole nitrogens is 1. The molecule has 7 nitrogen and oxygen atoms in total. The van der Waals surface area contributed by atoms with Gasteiger partial charge in [0, 0.05) is 36.1 Å². The molecule has 6 rings (SSSR count). The lowest BCUT2D eigenvalue weighted by Gasteiger charge is -2.27. The minimum absolute atomic E-state index is 0.295. The van der Waals surface area contributed by atoms with Gasteiger partial charge in [0.15, 0.2) is 5.65 Å². The van der Waals surface area contributed by atoms with Crippen molar-refractivity contribution in [2.45, 2.75) is 19.9 Å². The molecular weight excluding hydrogens is 414 g/mol. The number of rotatable bonds is 3. The lowest BCUT2D eigenvalue weighted by molar-refractivity contribution is 0.181. The van der Waals surface area contributed by atoms with Crippen molar-refractivity contribution in [2.24, 2.45) is 0 Å². The minimum atomic E-state index is -0.295. The molecule has 0 radical (unpaired) electrons. The van der Waals surface area contributed by atoms with Crippen molar-refractivity contribution in [1.82, 2.24) is 19.9 Å². The maximum absolute atomic E-state index is 11.8. The second-order valence-electron chi connectivity index (χ2n) is 8.89. The van der Waals surface area contributed by atoms with Gasteiger partial charge in [0.2, 0.25) is 0 Å². The molecule has 7 heteroatoms. The number of aromatic amines is 1. The Balaban J connectivity index is 1.38. The van der Waals surface area contributed by atoms with E-state index in [9.17, 15) is 4.79 Å². The molecule has 0 aliphatic carbocycles. The summed E-state index contributed by atoms with van der Waals surface area (Å²) in [5.74, 6) is 0. The van der Waals surface area contributed by atoms with E-state index in [0.29, 0.717) is 13.2 Å². The Labute approximate surface area is 192 Å². The lowest BCUT2D eigenvalue weighted by atomic mass is 9.92. The van der Waals surface area contributed by atoms with Crippen molar-refractivity contribution in [3.05, 3.63) is 65.5 Å². The molecule has 4 heterocycles. The summed E-state index contributed by atoms with van der Waals surface area (Å²) in [5.41, 5.74) is 10.6. The average Bonchev–Trinajstić information content (AvgIpc) is 3.44. The van der Waals surface area contributed by atoms with Crippen LogP contribution in [0, 0.1) is 6.92 Å². The Bertz CT molecular complexity index is 1380. The Morgan fingerprint density at radius 1 is 1.09 bits per heavy atom. The normalized spacial score (nSPS) is 16.3. The van der Waals surface area contributed by atoms with Gasteiger partial charge < -0.3 is 14.6 Å². The first-order chi connectivity index (χ1) is 16.1. The zero-order chi connectivity index (χ0) is 22.5. The van der Waals surface area contributed by atoms with Crippen molar-refractivity contribution in [3.63, 3.8) is 0 Å². The molecule has 0 atom stereocenters. The molecule has 0 saturated carbocycles. The van der Waals surface area contributed by atoms with Crippen LogP contribution < -0.4 is 4.90 Å². The summed E-state index contributed by atoms with van der Waals surface area (Å²) in [5, 5.41) is 0. The second kappa shape index (κ2) is 7.71. The number of ether oxygens (including phenoxy) is 1. The highest BCUT2D eigenvalue weighted by atomic mass is 16.6. The summed E-state index contributed by atoms with van der Waals surface area (Å²) < 4.78 is 5.05. The SMILES string of the molecule is Cc1cc(-c2cnc3[nH]cc(-c4ccc(N5CCOC5=O)cc4)c3n2)cc2c1CCN(C)C2. The largest absolute Gasteiger partial charge is 0.447 e. The quantitative estimate of drug-likeness (QED) is 0.507. The number of carbonyl (C=O) groups excluding carboxylic acids is 1. The summed E-state index contributed by atoms with van der Waals surface area (Å²) >= 11 is 0. The zero-order valence-corrected chi connectivity index (χ0v) is 18.8. The van der Waals surface area contributed by atoms with E-state index in [4.69, 9.17) is 9.72 Å². The van der Waals surface area contributed by atoms with Crippen molar-refractivity contribution in [3.8, 4) is 22.4 Å². The van der Waals surface area contributed by atoms with Crippen LogP contribution in [-0.2, 0) is 17.7 Å². The van der Waals surface area contributed by atoms with E-state index in [2.05, 4.69) is 41.0 Å².